The molecule has 34 heavy (non-hydrogen) atoms. The summed E-state index contributed by atoms with van der Waals surface area (Å²) in [6, 6.07) is -5.89. The van der Waals surface area contributed by atoms with Crippen LogP contribution in [0.4, 0.5) is 0 Å². The van der Waals surface area contributed by atoms with Crippen LogP contribution in [0.3, 0.4) is 0 Å². The predicted molar refractivity (Wildman–Crippen MR) is 120 cm³/mol. The molecule has 4 atom stereocenters. The van der Waals surface area contributed by atoms with E-state index in [1.54, 1.807) is 0 Å². The highest BCUT2D eigenvalue weighted by Gasteiger charge is 2.30. The Balaban J connectivity index is 5.39. The van der Waals surface area contributed by atoms with E-state index in [0.717, 1.165) is 0 Å². The second kappa shape index (κ2) is 15.3. The molecule has 3 amide bonds. The molecule has 0 radical (unpaired) electrons. The zero-order valence-corrected chi connectivity index (χ0v) is 18.9. The van der Waals surface area contributed by atoms with Gasteiger partial charge in [0.2, 0.25) is 17.7 Å². The van der Waals surface area contributed by atoms with Crippen molar-refractivity contribution in [2.75, 3.05) is 12.3 Å². The Morgan fingerprint density at radius 2 is 1.29 bits per heavy atom. The Labute approximate surface area is 199 Å². The lowest BCUT2D eigenvalue weighted by Crippen LogP contribution is -2.58. The fourth-order valence-electron chi connectivity index (χ4n) is 2.45. The van der Waals surface area contributed by atoms with E-state index in [4.69, 9.17) is 32.5 Å². The van der Waals surface area contributed by atoms with Crippen molar-refractivity contribution >= 4 is 54.2 Å². The fourth-order valence-corrected chi connectivity index (χ4v) is 2.70. The van der Waals surface area contributed by atoms with Crippen LogP contribution in [0.2, 0.25) is 0 Å². The molecule has 0 bridgehead atoms. The number of amides is 3. The van der Waals surface area contributed by atoms with Gasteiger partial charge in [0.05, 0.1) is 18.9 Å². The molecule has 0 saturated carbocycles. The molecule has 12 N–H and O–H groups in total. The monoisotopic (exact) mass is 507 g/mol. The van der Waals surface area contributed by atoms with E-state index >= 15 is 0 Å². The van der Waals surface area contributed by atoms with E-state index in [-0.39, 0.29) is 31.1 Å². The van der Waals surface area contributed by atoms with Crippen LogP contribution in [0.25, 0.3) is 0 Å². The van der Waals surface area contributed by atoms with Crippen LogP contribution in [0.5, 0.6) is 0 Å². The molecule has 192 valence electrons. The van der Waals surface area contributed by atoms with Gasteiger partial charge in [-0.05, 0) is 12.8 Å². The Hall–Kier alpha value is -3.60. The van der Waals surface area contributed by atoms with Gasteiger partial charge in [0.1, 0.15) is 18.1 Å². The predicted octanol–water partition coefficient (Wildman–Crippen LogP) is -4.21. The van der Waals surface area contributed by atoms with Crippen LogP contribution in [0.15, 0.2) is 4.99 Å². The van der Waals surface area contributed by atoms with Gasteiger partial charge in [-0.1, -0.05) is 0 Å². The van der Waals surface area contributed by atoms with Crippen LogP contribution in [-0.2, 0) is 28.8 Å². The van der Waals surface area contributed by atoms with Crippen molar-refractivity contribution in [1.82, 2.24) is 16.0 Å². The minimum Gasteiger partial charge on any atom is -0.481 e. The number of hydrogen-bond donors (Lipinski definition) is 10. The van der Waals surface area contributed by atoms with Gasteiger partial charge in [-0.2, -0.15) is 12.6 Å². The van der Waals surface area contributed by atoms with E-state index in [1.807, 2.05) is 5.32 Å². The van der Waals surface area contributed by atoms with Crippen LogP contribution >= 0.6 is 12.6 Å². The van der Waals surface area contributed by atoms with E-state index in [1.165, 1.54) is 0 Å². The largest absolute Gasteiger partial charge is 0.481 e. The van der Waals surface area contributed by atoms with Crippen molar-refractivity contribution in [2.24, 2.45) is 22.2 Å². The molecule has 0 aliphatic heterocycles. The summed E-state index contributed by atoms with van der Waals surface area (Å²) >= 11 is 3.93. The molecule has 17 heteroatoms. The number of nitrogens with zero attached hydrogens (tertiary/aromatic N) is 1. The summed E-state index contributed by atoms with van der Waals surface area (Å²) in [5.74, 6) is -7.76. The molecule has 4 unspecified atom stereocenters. The molecule has 0 aliphatic carbocycles. The molecule has 0 aromatic heterocycles. The summed E-state index contributed by atoms with van der Waals surface area (Å²) in [7, 11) is 0. The van der Waals surface area contributed by atoms with Gasteiger partial charge >= 0.3 is 17.9 Å². The molecule has 0 saturated heterocycles. The summed E-state index contributed by atoms with van der Waals surface area (Å²) in [5, 5.41) is 33.1. The molecule has 0 aromatic carbocycles. The lowest BCUT2D eigenvalue weighted by Gasteiger charge is -2.24. The van der Waals surface area contributed by atoms with E-state index < -0.39 is 72.6 Å². The summed E-state index contributed by atoms with van der Waals surface area (Å²) in [4.78, 5) is 73.7. The first-order valence-electron chi connectivity index (χ1n) is 9.77. The van der Waals surface area contributed by atoms with Gasteiger partial charge in [0.15, 0.2) is 5.96 Å². The maximum Gasteiger partial charge on any atom is 0.326 e. The molecule has 0 spiro atoms. The van der Waals surface area contributed by atoms with Crippen molar-refractivity contribution in [1.29, 1.82) is 0 Å². The summed E-state index contributed by atoms with van der Waals surface area (Å²) in [6.45, 7) is 0.0924. The van der Waals surface area contributed by atoms with Crippen LogP contribution in [0.1, 0.15) is 25.7 Å². The number of nitrogens with one attached hydrogen (secondary N) is 3. The zero-order valence-electron chi connectivity index (χ0n) is 18.0. The quantitative estimate of drug-likeness (QED) is 0.0411. The van der Waals surface area contributed by atoms with Crippen molar-refractivity contribution in [3.63, 3.8) is 0 Å². The number of carbonyl (C=O) groups excluding carboxylic acids is 3. The van der Waals surface area contributed by atoms with Crippen molar-refractivity contribution in [2.45, 2.75) is 49.9 Å². The summed E-state index contributed by atoms with van der Waals surface area (Å²) < 4.78 is 0. The molecule has 0 heterocycles. The van der Waals surface area contributed by atoms with Crippen LogP contribution in [0, 0.1) is 0 Å². The number of rotatable bonds is 16. The highest BCUT2D eigenvalue weighted by atomic mass is 32.1. The van der Waals surface area contributed by atoms with Gasteiger partial charge in [-0.3, -0.25) is 29.0 Å². The van der Waals surface area contributed by atoms with Crippen LogP contribution in [-0.4, -0.2) is 93.4 Å². The first kappa shape index (κ1) is 30.4. The minimum atomic E-state index is -1.76. The van der Waals surface area contributed by atoms with Gasteiger partial charge in [0.25, 0.3) is 0 Å². The smallest absolute Gasteiger partial charge is 0.326 e. The average molecular weight is 508 g/mol. The number of thiol groups is 1. The number of carboxylic acid groups (broad SMARTS) is 3. The molecular formula is C17H29N7O9S. The Morgan fingerprint density at radius 1 is 0.794 bits per heavy atom. The first-order chi connectivity index (χ1) is 15.8. The molecule has 0 fully saturated rings. The molecular weight excluding hydrogens is 478 g/mol. The zero-order chi connectivity index (χ0) is 26.4. The Bertz CT molecular complexity index is 804. The average Bonchev–Trinajstić information content (AvgIpc) is 2.71. The Morgan fingerprint density at radius 3 is 1.76 bits per heavy atom. The third kappa shape index (κ3) is 12.4. The van der Waals surface area contributed by atoms with E-state index in [9.17, 15) is 28.8 Å². The maximum absolute atomic E-state index is 12.7. The normalized spacial score (nSPS) is 13.9. The highest BCUT2D eigenvalue weighted by molar-refractivity contribution is 7.80. The maximum atomic E-state index is 12.7. The summed E-state index contributed by atoms with van der Waals surface area (Å²) in [6.07, 6.45) is -1.44. The van der Waals surface area contributed by atoms with E-state index in [0.29, 0.717) is 0 Å². The van der Waals surface area contributed by atoms with Gasteiger partial charge < -0.3 is 48.5 Å². The molecule has 16 nitrogen and oxygen atoms in total. The number of carboxylic acids is 3. The molecule has 0 aromatic rings. The standard InChI is InChI=1S/C17H29N7O9S/c18-7(4-11(25)26)13(29)22-8(2-1-3-21-17(19)20)14(30)24-10(6-34)15(31)23-9(16(32)33)5-12(27)28/h7-10,34H,1-6,18H2,(H,22,29)(H,23,31)(H,24,30)(H,25,26)(H,27,28)(H,32,33)(H4,19,20,21). The third-order valence-electron chi connectivity index (χ3n) is 4.12. The van der Waals surface area contributed by atoms with Gasteiger partial charge in [0, 0.05) is 12.3 Å². The second-order valence-corrected chi connectivity index (χ2v) is 7.32. The molecule has 0 aliphatic rings. The second-order valence-electron chi connectivity index (χ2n) is 6.96. The lowest BCUT2D eigenvalue weighted by molar-refractivity contribution is -0.147. The molecule has 0 rings (SSSR count). The van der Waals surface area contributed by atoms with Crippen molar-refractivity contribution in [3.8, 4) is 0 Å². The van der Waals surface area contributed by atoms with Gasteiger partial charge in [-0.15, -0.1) is 0 Å². The highest BCUT2D eigenvalue weighted by Crippen LogP contribution is 2.03. The number of guanidine groups is 1. The summed E-state index contributed by atoms with van der Waals surface area (Å²) in [5.41, 5.74) is 15.9. The minimum absolute atomic E-state index is 0.0359. The Kier molecular flexibility index (Phi) is 13.7. The fraction of sp³-hybridized carbons (Fsp3) is 0.588. The van der Waals surface area contributed by atoms with Crippen molar-refractivity contribution in [3.05, 3.63) is 0 Å². The lowest BCUT2D eigenvalue weighted by atomic mass is 10.1. The van der Waals surface area contributed by atoms with Crippen LogP contribution < -0.4 is 33.2 Å². The number of nitrogens with two attached hydrogens (primary N) is 3. The SMILES string of the molecule is NC(N)=NCCCC(NC(=O)C(N)CC(=O)O)C(=O)NC(CS)C(=O)NC(CC(=O)O)C(=O)O. The number of hydrogen-bond acceptors (Lipinski definition) is 9. The number of carbonyl (C=O) groups is 6. The number of aliphatic imine (C=N–C) groups is 1. The third-order valence-corrected chi connectivity index (χ3v) is 4.48. The first-order valence-corrected chi connectivity index (χ1v) is 10.4. The van der Waals surface area contributed by atoms with Crippen molar-refractivity contribution < 1.29 is 44.1 Å². The van der Waals surface area contributed by atoms with Gasteiger partial charge in [-0.25, -0.2) is 4.79 Å². The number of aliphatic carboxylic acids is 3. The van der Waals surface area contributed by atoms with E-state index in [2.05, 4.69) is 28.3 Å². The topological polar surface area (TPSA) is 290 Å².